The second kappa shape index (κ2) is 9.93. The van der Waals surface area contributed by atoms with E-state index in [4.69, 9.17) is 11.6 Å². The number of carbonyl (C=O) groups excluding carboxylic acids is 2. The van der Waals surface area contributed by atoms with Gasteiger partial charge in [0.2, 0.25) is 11.8 Å². The minimum Gasteiger partial charge on any atom is -0.354 e. The van der Waals surface area contributed by atoms with E-state index < -0.39 is 22.0 Å². The Bertz CT molecular complexity index is 1210. The largest absolute Gasteiger partial charge is 0.354 e. The number of hydrogen-bond donors (Lipinski definition) is 3. The Balaban J connectivity index is 1.67. The maximum atomic E-state index is 13.9. The van der Waals surface area contributed by atoms with Gasteiger partial charge < -0.3 is 16.0 Å². The van der Waals surface area contributed by atoms with Gasteiger partial charge in [0.1, 0.15) is 6.04 Å². The number of anilines is 2. The van der Waals surface area contributed by atoms with Crippen LogP contribution in [0, 0.1) is 13.8 Å². The van der Waals surface area contributed by atoms with Gasteiger partial charge in [0.05, 0.1) is 22.7 Å². The van der Waals surface area contributed by atoms with Crippen molar-refractivity contribution in [1.29, 1.82) is 0 Å². The fourth-order valence-electron chi connectivity index (χ4n) is 4.46. The van der Waals surface area contributed by atoms with Gasteiger partial charge in [-0.05, 0) is 68.6 Å². The molecule has 4 rings (SSSR count). The van der Waals surface area contributed by atoms with Crippen LogP contribution >= 0.6 is 11.6 Å². The molecule has 8 nitrogen and oxygen atoms in total. The van der Waals surface area contributed by atoms with E-state index in [9.17, 15) is 18.0 Å². The quantitative estimate of drug-likeness (QED) is 0.560. The van der Waals surface area contributed by atoms with E-state index in [1.54, 1.807) is 44.2 Å². The van der Waals surface area contributed by atoms with E-state index >= 15 is 0 Å². The molecule has 2 amide bonds. The third kappa shape index (κ3) is 4.92. The number of amides is 2. The van der Waals surface area contributed by atoms with Crippen molar-refractivity contribution in [3.8, 4) is 0 Å². The summed E-state index contributed by atoms with van der Waals surface area (Å²) in [5.74, 6) is -0.923. The predicted octanol–water partition coefficient (Wildman–Crippen LogP) is 3.12. The first kappa shape index (κ1) is 24.5. The Kier molecular flexibility index (Phi) is 7.16. The number of para-hydroxylation sites is 2. The van der Waals surface area contributed by atoms with Crippen molar-refractivity contribution in [1.82, 2.24) is 10.6 Å². The number of piperidine rings is 1. The van der Waals surface area contributed by atoms with Gasteiger partial charge in [0, 0.05) is 17.6 Å². The highest BCUT2D eigenvalue weighted by atomic mass is 35.5. The van der Waals surface area contributed by atoms with Crippen molar-refractivity contribution in [2.45, 2.75) is 56.5 Å². The molecule has 1 unspecified atom stereocenters. The molecule has 10 heteroatoms. The normalized spacial score (nSPS) is 20.4. The van der Waals surface area contributed by atoms with Crippen LogP contribution in [-0.4, -0.2) is 45.4 Å². The summed E-state index contributed by atoms with van der Waals surface area (Å²) in [6.07, 6.45) is 2.88. The minimum absolute atomic E-state index is 0.0516. The number of hydrogen-bond acceptors (Lipinski definition) is 5. The van der Waals surface area contributed by atoms with Crippen molar-refractivity contribution >= 4 is 44.8 Å². The second-order valence-corrected chi connectivity index (χ2v) is 11.0. The van der Waals surface area contributed by atoms with Crippen molar-refractivity contribution in [3.63, 3.8) is 0 Å². The number of nitrogens with one attached hydrogen (secondary N) is 3. The molecule has 2 aromatic rings. The van der Waals surface area contributed by atoms with Gasteiger partial charge in [-0.3, -0.25) is 13.9 Å². The van der Waals surface area contributed by atoms with Gasteiger partial charge in [-0.25, -0.2) is 8.42 Å². The summed E-state index contributed by atoms with van der Waals surface area (Å²) in [6, 6.07) is 8.73. The van der Waals surface area contributed by atoms with E-state index in [2.05, 4.69) is 16.0 Å². The van der Waals surface area contributed by atoms with Crippen molar-refractivity contribution < 1.29 is 18.0 Å². The molecule has 182 valence electrons. The standard InChI is InChI=1S/C24H29ClN4O4S/c1-15-12-22(16(2)11-18(15)25)34(32,33)29-20-9-4-3-8-19(20)28-24(31)21(29)13-23(30)27-14-17-7-5-6-10-26-17/h3-4,8-9,11-12,17,21,26H,5-7,10,13-14H2,1-2H3,(H,27,30)(H,28,31)/t17?,21-/m1/s1. The predicted molar refractivity (Wildman–Crippen MR) is 133 cm³/mol. The van der Waals surface area contributed by atoms with Gasteiger partial charge in [0.25, 0.3) is 10.0 Å². The Labute approximate surface area is 205 Å². The van der Waals surface area contributed by atoms with E-state index in [1.807, 2.05) is 0 Å². The van der Waals surface area contributed by atoms with Crippen molar-refractivity contribution in [3.05, 3.63) is 52.5 Å². The fraction of sp³-hybridized carbons (Fsp3) is 0.417. The molecule has 3 N–H and O–H groups in total. The minimum atomic E-state index is -4.19. The average Bonchev–Trinajstić information content (AvgIpc) is 2.81. The van der Waals surface area contributed by atoms with E-state index in [0.29, 0.717) is 34.1 Å². The number of aryl methyl sites for hydroxylation is 2. The molecule has 2 heterocycles. The molecule has 0 aliphatic carbocycles. The van der Waals surface area contributed by atoms with E-state index in [0.717, 1.165) is 30.1 Å². The molecule has 2 aromatic carbocycles. The van der Waals surface area contributed by atoms with Gasteiger partial charge in [-0.2, -0.15) is 0 Å². The van der Waals surface area contributed by atoms with E-state index in [-0.39, 0.29) is 23.3 Å². The highest BCUT2D eigenvalue weighted by Crippen LogP contribution is 2.38. The number of benzene rings is 2. The lowest BCUT2D eigenvalue weighted by molar-refractivity contribution is -0.125. The lowest BCUT2D eigenvalue weighted by atomic mass is 10.0. The number of fused-ring (bicyclic) bond motifs is 1. The van der Waals surface area contributed by atoms with Gasteiger partial charge in [0.15, 0.2) is 0 Å². The lowest BCUT2D eigenvalue weighted by Gasteiger charge is -2.37. The first-order chi connectivity index (χ1) is 16.2. The SMILES string of the molecule is Cc1cc(S(=O)(=O)N2c3ccccc3NC(=O)[C@H]2CC(=O)NCC2CCCCN2)c(C)cc1Cl. The van der Waals surface area contributed by atoms with Crippen LogP contribution in [0.3, 0.4) is 0 Å². The van der Waals surface area contributed by atoms with Crippen LogP contribution in [0.25, 0.3) is 0 Å². The summed E-state index contributed by atoms with van der Waals surface area (Å²) in [5.41, 5.74) is 1.77. The average molecular weight is 505 g/mol. The van der Waals surface area contributed by atoms with Crippen LogP contribution in [0.4, 0.5) is 11.4 Å². The van der Waals surface area contributed by atoms with Crippen molar-refractivity contribution in [2.75, 3.05) is 22.7 Å². The zero-order valence-electron chi connectivity index (χ0n) is 19.2. The summed E-state index contributed by atoms with van der Waals surface area (Å²) in [6.45, 7) is 4.73. The molecule has 34 heavy (non-hydrogen) atoms. The number of rotatable bonds is 6. The summed E-state index contributed by atoms with van der Waals surface area (Å²) in [4.78, 5) is 25.9. The summed E-state index contributed by atoms with van der Waals surface area (Å²) in [5, 5.41) is 9.43. The molecule has 0 bridgehead atoms. The van der Waals surface area contributed by atoms with Crippen LogP contribution in [-0.2, 0) is 19.6 Å². The highest BCUT2D eigenvalue weighted by molar-refractivity contribution is 7.93. The van der Waals surface area contributed by atoms with Crippen molar-refractivity contribution in [2.24, 2.45) is 0 Å². The van der Waals surface area contributed by atoms with Gasteiger partial charge in [-0.1, -0.05) is 30.2 Å². The molecule has 0 aromatic heterocycles. The summed E-state index contributed by atoms with van der Waals surface area (Å²) >= 11 is 6.19. The Morgan fingerprint density at radius 3 is 2.68 bits per heavy atom. The number of carbonyl (C=O) groups is 2. The molecule has 2 atom stereocenters. The molecule has 2 aliphatic heterocycles. The Morgan fingerprint density at radius 2 is 1.94 bits per heavy atom. The third-order valence-electron chi connectivity index (χ3n) is 6.31. The monoisotopic (exact) mass is 504 g/mol. The molecule has 0 saturated carbocycles. The number of halogens is 1. The number of nitrogens with zero attached hydrogens (tertiary/aromatic N) is 1. The zero-order chi connectivity index (χ0) is 24.5. The summed E-state index contributed by atoms with van der Waals surface area (Å²) < 4.78 is 29.0. The number of sulfonamides is 1. The fourth-order valence-corrected chi connectivity index (χ4v) is 6.60. The van der Waals surface area contributed by atoms with E-state index in [1.165, 1.54) is 6.07 Å². The first-order valence-electron chi connectivity index (χ1n) is 11.4. The summed E-state index contributed by atoms with van der Waals surface area (Å²) in [7, 11) is -4.19. The molecular weight excluding hydrogens is 476 g/mol. The highest BCUT2D eigenvalue weighted by Gasteiger charge is 2.42. The maximum absolute atomic E-state index is 13.9. The second-order valence-electron chi connectivity index (χ2n) is 8.84. The smallest absolute Gasteiger partial charge is 0.265 e. The molecule has 0 radical (unpaired) electrons. The zero-order valence-corrected chi connectivity index (χ0v) is 20.8. The molecule has 0 spiro atoms. The van der Waals surface area contributed by atoms with Crippen LogP contribution in [0.1, 0.15) is 36.8 Å². The topological polar surface area (TPSA) is 108 Å². The van der Waals surface area contributed by atoms with Crippen LogP contribution in [0.5, 0.6) is 0 Å². The lowest BCUT2D eigenvalue weighted by Crippen LogP contribution is -2.53. The molecule has 1 fully saturated rings. The Morgan fingerprint density at radius 1 is 1.18 bits per heavy atom. The first-order valence-corrected chi connectivity index (χ1v) is 13.2. The van der Waals surface area contributed by atoms with Crippen LogP contribution in [0.2, 0.25) is 5.02 Å². The van der Waals surface area contributed by atoms with Gasteiger partial charge in [-0.15, -0.1) is 0 Å². The maximum Gasteiger partial charge on any atom is 0.265 e. The van der Waals surface area contributed by atoms with Crippen LogP contribution < -0.4 is 20.3 Å². The van der Waals surface area contributed by atoms with Gasteiger partial charge >= 0.3 is 0 Å². The molecule has 2 aliphatic rings. The molecular formula is C24H29ClN4O4S. The molecule has 1 saturated heterocycles. The Hall–Kier alpha value is -2.62. The van der Waals surface area contributed by atoms with Crippen LogP contribution in [0.15, 0.2) is 41.3 Å². The third-order valence-corrected chi connectivity index (χ3v) is 8.69.